The van der Waals surface area contributed by atoms with Gasteiger partial charge < -0.3 is 9.64 Å². The second-order valence-corrected chi connectivity index (χ2v) is 9.29. The van der Waals surface area contributed by atoms with Gasteiger partial charge in [-0.25, -0.2) is 19.9 Å². The number of ether oxygens (including phenoxy) is 1. The summed E-state index contributed by atoms with van der Waals surface area (Å²) in [6, 6.07) is 2.07. The molecule has 0 bridgehead atoms. The summed E-state index contributed by atoms with van der Waals surface area (Å²) in [6.45, 7) is 9.56. The van der Waals surface area contributed by atoms with Crippen LogP contribution in [0.4, 0.5) is 19.0 Å². The van der Waals surface area contributed by atoms with Crippen molar-refractivity contribution in [3.05, 3.63) is 36.5 Å². The molecule has 2 fully saturated rings. The van der Waals surface area contributed by atoms with Crippen molar-refractivity contribution < 1.29 is 17.9 Å². The van der Waals surface area contributed by atoms with Crippen LogP contribution in [-0.2, 0) is 10.9 Å². The molecule has 2 aliphatic rings. The molecule has 170 valence electrons. The smallest absolute Gasteiger partial charge is 0.361 e. The number of fused-ring (bicyclic) bond motifs is 2. The van der Waals surface area contributed by atoms with Crippen molar-refractivity contribution in [1.29, 1.82) is 0 Å². The maximum Gasteiger partial charge on any atom is 0.434 e. The summed E-state index contributed by atoms with van der Waals surface area (Å²) < 4.78 is 46.8. The minimum Gasteiger partial charge on any atom is -0.361 e. The number of halogens is 3. The van der Waals surface area contributed by atoms with Gasteiger partial charge in [0.2, 0.25) is 0 Å². The largest absolute Gasteiger partial charge is 0.434 e. The van der Waals surface area contributed by atoms with Crippen LogP contribution >= 0.6 is 0 Å². The molecule has 32 heavy (non-hydrogen) atoms. The number of hydrogen-bond acceptors (Lipinski definition) is 7. The predicted molar refractivity (Wildman–Crippen MR) is 111 cm³/mol. The van der Waals surface area contributed by atoms with E-state index in [1.54, 1.807) is 6.20 Å². The van der Waals surface area contributed by atoms with Crippen molar-refractivity contribution >= 4 is 11.5 Å². The van der Waals surface area contributed by atoms with Crippen LogP contribution in [0.25, 0.3) is 17.2 Å². The quantitative estimate of drug-likeness (QED) is 0.598. The second kappa shape index (κ2) is 7.38. The van der Waals surface area contributed by atoms with Crippen molar-refractivity contribution in [3.8, 4) is 11.5 Å². The van der Waals surface area contributed by atoms with Gasteiger partial charge in [-0.1, -0.05) is 20.8 Å². The molecule has 0 saturated carbocycles. The molecule has 0 aliphatic carbocycles. The molecule has 5 heterocycles. The zero-order chi connectivity index (χ0) is 22.7. The predicted octanol–water partition coefficient (Wildman–Crippen LogP) is 3.10. The van der Waals surface area contributed by atoms with E-state index in [0.717, 1.165) is 37.8 Å². The van der Waals surface area contributed by atoms with Crippen molar-refractivity contribution in [2.45, 2.75) is 39.1 Å². The number of anilines is 1. The Hall–Kier alpha value is -2.79. The summed E-state index contributed by atoms with van der Waals surface area (Å²) in [4.78, 5) is 21.1. The fourth-order valence-electron chi connectivity index (χ4n) is 4.47. The van der Waals surface area contributed by atoms with Crippen molar-refractivity contribution in [3.63, 3.8) is 0 Å². The Bertz CT molecular complexity index is 1140. The number of aromatic nitrogens is 5. The zero-order valence-corrected chi connectivity index (χ0v) is 18.0. The molecule has 0 spiro atoms. The molecule has 0 amide bonds. The van der Waals surface area contributed by atoms with Crippen LogP contribution in [0.2, 0.25) is 0 Å². The summed E-state index contributed by atoms with van der Waals surface area (Å²) in [5.74, 6) is 1.04. The lowest BCUT2D eigenvalue weighted by Crippen LogP contribution is -2.55. The topological polar surface area (TPSA) is 71.7 Å². The molecule has 2 aliphatic heterocycles. The van der Waals surface area contributed by atoms with Gasteiger partial charge in [0, 0.05) is 32.0 Å². The monoisotopic (exact) mass is 447 g/mol. The van der Waals surface area contributed by atoms with Crippen molar-refractivity contribution in [2.75, 3.05) is 31.3 Å². The average molecular weight is 447 g/mol. The van der Waals surface area contributed by atoms with Gasteiger partial charge in [0.15, 0.2) is 17.2 Å². The Labute approximate surface area is 183 Å². The highest BCUT2D eigenvalue weighted by Gasteiger charge is 2.44. The Kier molecular flexibility index (Phi) is 4.86. The first-order chi connectivity index (χ1) is 15.1. The van der Waals surface area contributed by atoms with Crippen molar-refractivity contribution in [1.82, 2.24) is 29.2 Å². The van der Waals surface area contributed by atoms with E-state index in [4.69, 9.17) is 4.74 Å². The Morgan fingerprint density at radius 2 is 1.88 bits per heavy atom. The van der Waals surface area contributed by atoms with Crippen LogP contribution < -0.4 is 4.90 Å². The minimum atomic E-state index is -4.55. The number of alkyl halides is 3. The van der Waals surface area contributed by atoms with E-state index in [9.17, 15) is 13.2 Å². The lowest BCUT2D eigenvalue weighted by Gasteiger charge is -2.41. The molecule has 3 aromatic rings. The second-order valence-electron chi connectivity index (χ2n) is 9.29. The molecule has 3 aromatic heterocycles. The van der Waals surface area contributed by atoms with E-state index in [-0.39, 0.29) is 17.6 Å². The molecule has 8 nitrogen and oxygen atoms in total. The molecule has 0 radical (unpaired) electrons. The molecular formula is C21H24F3N7O. The van der Waals surface area contributed by atoms with E-state index >= 15 is 0 Å². The van der Waals surface area contributed by atoms with Gasteiger partial charge in [-0.2, -0.15) is 13.2 Å². The van der Waals surface area contributed by atoms with Crippen LogP contribution in [-0.4, -0.2) is 67.7 Å². The highest BCUT2D eigenvalue weighted by molar-refractivity contribution is 5.58. The van der Waals surface area contributed by atoms with Crippen LogP contribution in [0.3, 0.4) is 0 Å². The molecule has 0 aromatic carbocycles. The summed E-state index contributed by atoms with van der Waals surface area (Å²) in [7, 11) is 0. The standard InChI is InChI=1S/C21H24F3N7O/c1-20(2,3)18-14-10-29(6-7-30(14)12-32-18)16-4-5-25-19(28-16)13-8-27-17-9-26-15(11-31(13)17)21(22,23)24/h4-5,8-9,11,14,18H,6-7,10,12H2,1-3H3. The molecule has 2 saturated heterocycles. The molecule has 2 atom stereocenters. The van der Waals surface area contributed by atoms with E-state index in [2.05, 4.69) is 50.5 Å². The first kappa shape index (κ1) is 21.1. The minimum absolute atomic E-state index is 0.0139. The van der Waals surface area contributed by atoms with E-state index in [0.29, 0.717) is 23.9 Å². The molecule has 5 rings (SSSR count). The zero-order valence-electron chi connectivity index (χ0n) is 18.0. The maximum absolute atomic E-state index is 13.1. The number of nitrogens with zero attached hydrogens (tertiary/aromatic N) is 7. The summed E-state index contributed by atoms with van der Waals surface area (Å²) in [6.07, 6.45) is 0.679. The summed E-state index contributed by atoms with van der Waals surface area (Å²) >= 11 is 0. The molecule has 11 heteroatoms. The average Bonchev–Trinajstić information content (AvgIpc) is 3.36. The Morgan fingerprint density at radius 3 is 2.62 bits per heavy atom. The van der Waals surface area contributed by atoms with Gasteiger partial charge >= 0.3 is 6.18 Å². The van der Waals surface area contributed by atoms with Gasteiger partial charge in [0.05, 0.1) is 31.3 Å². The Balaban J connectivity index is 1.46. The van der Waals surface area contributed by atoms with Gasteiger partial charge in [0.1, 0.15) is 11.5 Å². The lowest BCUT2D eigenvalue weighted by atomic mass is 9.84. The number of imidazole rings is 1. The molecule has 0 N–H and O–H groups in total. The van der Waals surface area contributed by atoms with Crippen LogP contribution in [0.15, 0.2) is 30.9 Å². The fraction of sp³-hybridized carbons (Fsp3) is 0.524. The van der Waals surface area contributed by atoms with Crippen LogP contribution in [0, 0.1) is 5.41 Å². The number of rotatable bonds is 2. The first-order valence-corrected chi connectivity index (χ1v) is 10.5. The van der Waals surface area contributed by atoms with Gasteiger partial charge in [-0.3, -0.25) is 9.30 Å². The normalized spacial score (nSPS) is 22.5. The molecular weight excluding hydrogens is 423 g/mol. The van der Waals surface area contributed by atoms with Crippen molar-refractivity contribution in [2.24, 2.45) is 5.41 Å². The van der Waals surface area contributed by atoms with E-state index < -0.39 is 11.9 Å². The number of piperazine rings is 1. The number of hydrogen-bond donors (Lipinski definition) is 0. The van der Waals surface area contributed by atoms with Crippen LogP contribution in [0.5, 0.6) is 0 Å². The van der Waals surface area contributed by atoms with E-state index in [1.165, 1.54) is 10.6 Å². The highest BCUT2D eigenvalue weighted by atomic mass is 19.4. The third-order valence-corrected chi connectivity index (χ3v) is 6.04. The maximum atomic E-state index is 13.1. The third-order valence-electron chi connectivity index (χ3n) is 6.04. The first-order valence-electron chi connectivity index (χ1n) is 10.5. The van der Waals surface area contributed by atoms with Gasteiger partial charge in [-0.15, -0.1) is 0 Å². The van der Waals surface area contributed by atoms with Crippen LogP contribution in [0.1, 0.15) is 26.5 Å². The summed E-state index contributed by atoms with van der Waals surface area (Å²) in [5.41, 5.74) is -0.303. The fourth-order valence-corrected chi connectivity index (χ4v) is 4.47. The lowest BCUT2D eigenvalue weighted by molar-refractivity contribution is -0.141. The summed E-state index contributed by atoms with van der Waals surface area (Å²) in [5, 5.41) is 0. The third kappa shape index (κ3) is 3.69. The Morgan fingerprint density at radius 1 is 1.06 bits per heavy atom. The van der Waals surface area contributed by atoms with Gasteiger partial charge in [-0.05, 0) is 11.5 Å². The SMILES string of the molecule is CC(C)(C)C1OCN2CCN(c3ccnc(-c4cnc5cnc(C(F)(F)F)cn45)n3)CC12. The highest BCUT2D eigenvalue weighted by Crippen LogP contribution is 2.35. The van der Waals surface area contributed by atoms with E-state index in [1.807, 2.05) is 6.07 Å². The molecule has 2 unspecified atom stereocenters. The van der Waals surface area contributed by atoms with Gasteiger partial charge in [0.25, 0.3) is 0 Å².